The third-order valence-corrected chi connectivity index (χ3v) is 4.90. The Kier molecular flexibility index (Phi) is 7.08. The minimum Gasteiger partial charge on any atom is -0.493 e. The summed E-state index contributed by atoms with van der Waals surface area (Å²) in [5, 5.41) is 0.0623. The summed E-state index contributed by atoms with van der Waals surface area (Å²) in [6.45, 7) is 1.08. The predicted molar refractivity (Wildman–Crippen MR) is 85.7 cm³/mol. The van der Waals surface area contributed by atoms with Crippen LogP contribution in [-0.4, -0.2) is 21.9 Å². The Morgan fingerprint density at radius 2 is 2.09 bits per heavy atom. The summed E-state index contributed by atoms with van der Waals surface area (Å²) < 4.78 is 40.8. The van der Waals surface area contributed by atoms with Gasteiger partial charge in [-0.15, -0.1) is 0 Å². The van der Waals surface area contributed by atoms with E-state index in [1.807, 2.05) is 0 Å². The zero-order valence-electron chi connectivity index (χ0n) is 12.3. The van der Waals surface area contributed by atoms with Gasteiger partial charge in [-0.2, -0.15) is 0 Å². The highest BCUT2D eigenvalue weighted by molar-refractivity contribution is 7.77. The van der Waals surface area contributed by atoms with E-state index in [2.05, 4.69) is 4.72 Å². The second-order valence-electron chi connectivity index (χ2n) is 5.62. The van der Waals surface area contributed by atoms with Gasteiger partial charge in [0, 0.05) is 12.6 Å². The number of rotatable bonds is 7. The van der Waals surface area contributed by atoms with Crippen LogP contribution in [0.5, 0.6) is 5.75 Å². The first-order chi connectivity index (χ1) is 10.6. The normalized spacial score (nSPS) is 23.2. The van der Waals surface area contributed by atoms with E-state index in [1.54, 1.807) is 6.07 Å². The van der Waals surface area contributed by atoms with Crippen LogP contribution < -0.4 is 9.46 Å². The molecule has 0 aliphatic heterocycles. The van der Waals surface area contributed by atoms with Crippen LogP contribution in [0.25, 0.3) is 0 Å². The Bertz CT molecular complexity index is 518. The largest absolute Gasteiger partial charge is 0.493 e. The van der Waals surface area contributed by atoms with Crippen LogP contribution >= 0.6 is 11.6 Å². The quantitative estimate of drug-likeness (QED) is 0.736. The van der Waals surface area contributed by atoms with Crippen molar-refractivity contribution in [2.75, 3.05) is 13.2 Å². The number of nitrogens with one attached hydrogen (secondary N) is 1. The van der Waals surface area contributed by atoms with Crippen molar-refractivity contribution in [3.8, 4) is 5.75 Å². The molecule has 1 aliphatic carbocycles. The molecule has 0 aromatic heterocycles. The first-order valence-corrected chi connectivity index (χ1v) is 8.97. The lowest BCUT2D eigenvalue weighted by Crippen LogP contribution is -2.29. The molecule has 0 amide bonds. The van der Waals surface area contributed by atoms with Gasteiger partial charge in [-0.25, -0.2) is 13.3 Å². The maximum atomic E-state index is 13.1. The van der Waals surface area contributed by atoms with E-state index in [1.165, 1.54) is 25.0 Å². The Morgan fingerprint density at radius 1 is 1.36 bits per heavy atom. The van der Waals surface area contributed by atoms with Crippen LogP contribution in [0.1, 0.15) is 32.1 Å². The standard InChI is InChI=1S/C15H21ClFNO3S/c16-14-9-13(5-6-15(14)17)21-10-12-4-2-1-3-11(12)7-8-18-22(19)20/h5-6,9,11-12,18H,1-4,7-8,10H2,(H,19,20). The topological polar surface area (TPSA) is 58.6 Å². The van der Waals surface area contributed by atoms with E-state index >= 15 is 0 Å². The van der Waals surface area contributed by atoms with Crippen LogP contribution in [0.15, 0.2) is 18.2 Å². The summed E-state index contributed by atoms with van der Waals surface area (Å²) in [5.41, 5.74) is 0. The van der Waals surface area contributed by atoms with E-state index in [0.717, 1.165) is 19.3 Å². The highest BCUT2D eigenvalue weighted by atomic mass is 35.5. The maximum absolute atomic E-state index is 13.1. The van der Waals surface area contributed by atoms with Crippen molar-refractivity contribution in [3.05, 3.63) is 29.0 Å². The van der Waals surface area contributed by atoms with Crippen molar-refractivity contribution in [1.82, 2.24) is 4.72 Å². The Balaban J connectivity index is 1.85. The highest BCUT2D eigenvalue weighted by Crippen LogP contribution is 2.33. The van der Waals surface area contributed by atoms with Crippen LogP contribution in [0, 0.1) is 17.7 Å². The molecule has 0 bridgehead atoms. The molecule has 2 N–H and O–H groups in total. The fourth-order valence-corrected chi connectivity index (χ4v) is 3.45. The van der Waals surface area contributed by atoms with Crippen molar-refractivity contribution >= 4 is 22.9 Å². The average molecular weight is 350 g/mol. The lowest BCUT2D eigenvalue weighted by atomic mass is 9.78. The second kappa shape index (κ2) is 8.82. The van der Waals surface area contributed by atoms with Gasteiger partial charge in [0.25, 0.3) is 0 Å². The smallest absolute Gasteiger partial charge is 0.231 e. The van der Waals surface area contributed by atoms with Crippen LogP contribution in [0.4, 0.5) is 4.39 Å². The van der Waals surface area contributed by atoms with Gasteiger partial charge in [-0.05, 0) is 36.8 Å². The molecule has 1 aromatic rings. The Hall–Kier alpha value is -0.690. The van der Waals surface area contributed by atoms with Gasteiger partial charge in [-0.1, -0.05) is 30.9 Å². The number of hydrogen-bond acceptors (Lipinski definition) is 2. The van der Waals surface area contributed by atoms with Crippen molar-refractivity contribution < 1.29 is 17.9 Å². The van der Waals surface area contributed by atoms with E-state index in [-0.39, 0.29) is 5.02 Å². The third kappa shape index (κ3) is 5.50. The fourth-order valence-electron chi connectivity index (χ4n) is 2.99. The summed E-state index contributed by atoms with van der Waals surface area (Å²) in [5.74, 6) is 1.00. The van der Waals surface area contributed by atoms with Crippen LogP contribution in [0.3, 0.4) is 0 Å². The van der Waals surface area contributed by atoms with Crippen molar-refractivity contribution in [2.45, 2.75) is 32.1 Å². The minimum atomic E-state index is -1.95. The predicted octanol–water partition coefficient (Wildman–Crippen LogP) is 3.78. The highest BCUT2D eigenvalue weighted by Gasteiger charge is 2.25. The number of benzene rings is 1. The maximum Gasteiger partial charge on any atom is 0.231 e. The van der Waals surface area contributed by atoms with Gasteiger partial charge in [-0.3, -0.25) is 4.55 Å². The van der Waals surface area contributed by atoms with Gasteiger partial charge < -0.3 is 4.74 Å². The lowest BCUT2D eigenvalue weighted by Gasteiger charge is -2.31. The fraction of sp³-hybridized carbons (Fsp3) is 0.600. The van der Waals surface area contributed by atoms with Gasteiger partial charge in [0.1, 0.15) is 11.6 Å². The SMILES string of the molecule is O=S(O)NCCC1CCCCC1COc1ccc(F)c(Cl)c1. The van der Waals surface area contributed by atoms with E-state index in [0.29, 0.717) is 30.7 Å². The molecule has 3 atom stereocenters. The monoisotopic (exact) mass is 349 g/mol. The molecular weight excluding hydrogens is 329 g/mol. The molecule has 2 rings (SSSR count). The minimum absolute atomic E-state index is 0.0623. The van der Waals surface area contributed by atoms with Gasteiger partial charge >= 0.3 is 0 Å². The molecule has 4 nitrogen and oxygen atoms in total. The molecule has 1 fully saturated rings. The molecule has 0 heterocycles. The molecule has 1 saturated carbocycles. The zero-order chi connectivity index (χ0) is 15.9. The molecule has 1 aromatic carbocycles. The van der Waals surface area contributed by atoms with E-state index in [4.69, 9.17) is 20.9 Å². The summed E-state index contributed by atoms with van der Waals surface area (Å²) in [7, 11) is 0. The van der Waals surface area contributed by atoms with Gasteiger partial charge in [0.2, 0.25) is 11.3 Å². The average Bonchev–Trinajstić information content (AvgIpc) is 2.49. The summed E-state index contributed by atoms with van der Waals surface area (Å²) in [4.78, 5) is 0. The summed E-state index contributed by atoms with van der Waals surface area (Å²) in [6, 6.07) is 4.37. The summed E-state index contributed by atoms with van der Waals surface area (Å²) in [6.07, 6.45) is 5.41. The van der Waals surface area contributed by atoms with Crippen molar-refractivity contribution in [1.29, 1.82) is 0 Å². The number of halogens is 2. The van der Waals surface area contributed by atoms with Gasteiger partial charge in [0.05, 0.1) is 11.6 Å². The number of ether oxygens (including phenoxy) is 1. The van der Waals surface area contributed by atoms with E-state index in [9.17, 15) is 8.60 Å². The molecule has 0 spiro atoms. The molecule has 1 aliphatic rings. The second-order valence-corrected chi connectivity index (χ2v) is 6.82. The lowest BCUT2D eigenvalue weighted by molar-refractivity contribution is 0.143. The molecule has 0 radical (unpaired) electrons. The molecule has 0 saturated heterocycles. The van der Waals surface area contributed by atoms with Crippen molar-refractivity contribution in [2.24, 2.45) is 11.8 Å². The van der Waals surface area contributed by atoms with Crippen LogP contribution in [0.2, 0.25) is 5.02 Å². The molecule has 7 heteroatoms. The first kappa shape index (κ1) is 17.7. The van der Waals surface area contributed by atoms with Crippen LogP contribution in [-0.2, 0) is 11.3 Å². The van der Waals surface area contributed by atoms with Crippen molar-refractivity contribution in [3.63, 3.8) is 0 Å². The van der Waals surface area contributed by atoms with E-state index < -0.39 is 17.1 Å². The molecule has 22 heavy (non-hydrogen) atoms. The third-order valence-electron chi connectivity index (χ3n) is 4.16. The Labute approximate surface area is 137 Å². The zero-order valence-corrected chi connectivity index (χ0v) is 13.8. The summed E-state index contributed by atoms with van der Waals surface area (Å²) >= 11 is 3.80. The molecule has 124 valence electrons. The molecular formula is C15H21ClFNO3S. The Morgan fingerprint density at radius 3 is 2.77 bits per heavy atom. The first-order valence-electron chi connectivity index (χ1n) is 7.48. The van der Waals surface area contributed by atoms with Gasteiger partial charge in [0.15, 0.2) is 0 Å². The molecule has 3 unspecified atom stereocenters. The number of hydrogen-bond donors (Lipinski definition) is 2.